The van der Waals surface area contributed by atoms with Crippen molar-refractivity contribution in [3.05, 3.63) is 138 Å². The highest BCUT2D eigenvalue weighted by Crippen LogP contribution is 2.46. The summed E-state index contributed by atoms with van der Waals surface area (Å²) < 4.78 is 2.44. The van der Waals surface area contributed by atoms with Crippen LogP contribution in [0.15, 0.2) is 121 Å². The third-order valence-electron chi connectivity index (χ3n) is 8.67. The second-order valence-corrected chi connectivity index (χ2v) is 10.9. The number of hydrogen-bond acceptors (Lipinski definition) is 2. The van der Waals surface area contributed by atoms with Gasteiger partial charge in [0.05, 0.1) is 16.7 Å². The predicted molar refractivity (Wildman–Crippen MR) is 169 cm³/mol. The molecule has 3 nitrogen and oxygen atoms in total. The van der Waals surface area contributed by atoms with E-state index >= 15 is 0 Å². The van der Waals surface area contributed by atoms with E-state index in [1.54, 1.807) is 0 Å². The fourth-order valence-corrected chi connectivity index (χ4v) is 6.84. The molecule has 2 heterocycles. The predicted octanol–water partition coefficient (Wildman–Crippen LogP) is 9.37. The molecule has 0 atom stereocenters. The molecule has 2 aromatic heterocycles. The van der Waals surface area contributed by atoms with Crippen LogP contribution in [0.5, 0.6) is 0 Å². The summed E-state index contributed by atoms with van der Waals surface area (Å²) >= 11 is 0. The van der Waals surface area contributed by atoms with Crippen molar-refractivity contribution in [3.8, 4) is 39.5 Å². The summed E-state index contributed by atoms with van der Waals surface area (Å²) in [5.41, 5.74) is 14.5. The van der Waals surface area contributed by atoms with Crippen molar-refractivity contribution in [2.24, 2.45) is 0 Å². The van der Waals surface area contributed by atoms with E-state index in [1.807, 2.05) is 0 Å². The van der Waals surface area contributed by atoms with E-state index in [2.05, 4.69) is 132 Å². The van der Waals surface area contributed by atoms with Crippen molar-refractivity contribution in [1.29, 1.82) is 0 Å². The van der Waals surface area contributed by atoms with E-state index in [-0.39, 0.29) is 0 Å². The first-order valence-corrected chi connectivity index (χ1v) is 14.2. The number of rotatable bonds is 3. The van der Waals surface area contributed by atoms with E-state index in [9.17, 15) is 0 Å². The van der Waals surface area contributed by atoms with Gasteiger partial charge in [0.1, 0.15) is 0 Å². The molecular weight excluding hydrogens is 498 g/mol. The molecule has 0 saturated heterocycles. The Morgan fingerprint density at radius 1 is 0.585 bits per heavy atom. The number of allylic oxidation sites excluding steroid dienone is 1. The zero-order valence-corrected chi connectivity index (χ0v) is 22.4. The Kier molecular flexibility index (Phi) is 4.73. The quantitative estimate of drug-likeness (QED) is 0.231. The van der Waals surface area contributed by atoms with Crippen LogP contribution in [0.2, 0.25) is 0 Å². The van der Waals surface area contributed by atoms with Crippen molar-refractivity contribution in [1.82, 2.24) is 14.5 Å². The summed E-state index contributed by atoms with van der Waals surface area (Å²) in [5.74, 6) is 0.779. The number of benzene rings is 5. The molecule has 2 aliphatic rings. The van der Waals surface area contributed by atoms with Gasteiger partial charge in [0, 0.05) is 38.8 Å². The van der Waals surface area contributed by atoms with E-state index in [0.717, 1.165) is 40.8 Å². The fourth-order valence-electron chi connectivity index (χ4n) is 6.84. The van der Waals surface area contributed by atoms with Crippen molar-refractivity contribution in [2.45, 2.75) is 12.8 Å². The minimum absolute atomic E-state index is 0.779. The van der Waals surface area contributed by atoms with E-state index in [1.165, 1.54) is 55.7 Å². The Labute approximate surface area is 238 Å². The molecule has 0 fully saturated rings. The lowest BCUT2D eigenvalue weighted by molar-refractivity contribution is 0.898. The summed E-state index contributed by atoms with van der Waals surface area (Å²) in [5, 5.41) is 2.46. The largest absolute Gasteiger partial charge is 0.313 e. The van der Waals surface area contributed by atoms with E-state index in [0.29, 0.717) is 0 Å². The third kappa shape index (κ3) is 3.33. The van der Waals surface area contributed by atoms with Crippen LogP contribution in [0.3, 0.4) is 0 Å². The van der Waals surface area contributed by atoms with E-state index < -0.39 is 0 Å². The molecule has 0 amide bonds. The van der Waals surface area contributed by atoms with Gasteiger partial charge >= 0.3 is 0 Å². The zero-order chi connectivity index (χ0) is 26.9. The van der Waals surface area contributed by atoms with Crippen LogP contribution < -0.4 is 0 Å². The summed E-state index contributed by atoms with van der Waals surface area (Å²) in [6.07, 6.45) is 4.38. The molecule has 192 valence electrons. The molecule has 0 spiro atoms. The minimum Gasteiger partial charge on any atom is -0.313 e. The smallest absolute Gasteiger partial charge is 0.160 e. The first kappa shape index (κ1) is 22.5. The van der Waals surface area contributed by atoms with Crippen LogP contribution in [0.1, 0.15) is 23.2 Å². The normalized spacial score (nSPS) is 13.3. The number of aromatic nitrogens is 3. The lowest BCUT2D eigenvalue weighted by Gasteiger charge is -2.18. The fraction of sp³-hybridized carbons (Fsp3) is 0.0526. The number of fused-ring (bicyclic) bond motifs is 6. The Morgan fingerprint density at radius 2 is 1.34 bits per heavy atom. The van der Waals surface area contributed by atoms with Crippen molar-refractivity contribution in [2.75, 3.05) is 0 Å². The van der Waals surface area contributed by atoms with Crippen LogP contribution in [-0.4, -0.2) is 14.5 Å². The topological polar surface area (TPSA) is 30.7 Å². The van der Waals surface area contributed by atoms with Gasteiger partial charge in [-0.15, -0.1) is 0 Å². The highest BCUT2D eigenvalue weighted by Gasteiger charge is 2.25. The molecule has 9 rings (SSSR count). The van der Waals surface area contributed by atoms with Gasteiger partial charge in [-0.2, -0.15) is 0 Å². The van der Waals surface area contributed by atoms with Crippen LogP contribution in [0.4, 0.5) is 0 Å². The molecule has 0 unspecified atom stereocenters. The second kappa shape index (κ2) is 8.61. The molecule has 0 saturated carbocycles. The monoisotopic (exact) mass is 523 g/mol. The van der Waals surface area contributed by atoms with Crippen molar-refractivity contribution >= 4 is 33.5 Å². The van der Waals surface area contributed by atoms with Crippen LogP contribution >= 0.6 is 0 Å². The van der Waals surface area contributed by atoms with Gasteiger partial charge in [-0.05, 0) is 71.5 Å². The molecule has 41 heavy (non-hydrogen) atoms. The molecule has 3 heteroatoms. The maximum atomic E-state index is 5.15. The molecule has 7 aromatic rings. The highest BCUT2D eigenvalue weighted by molar-refractivity contribution is 6.13. The maximum Gasteiger partial charge on any atom is 0.160 e. The van der Waals surface area contributed by atoms with Gasteiger partial charge in [-0.3, -0.25) is 0 Å². The Hall–Kier alpha value is -5.28. The van der Waals surface area contributed by atoms with Gasteiger partial charge in [-0.25, -0.2) is 9.97 Å². The van der Waals surface area contributed by atoms with Gasteiger partial charge in [0.25, 0.3) is 0 Å². The summed E-state index contributed by atoms with van der Waals surface area (Å²) in [6.45, 7) is 0. The van der Waals surface area contributed by atoms with E-state index in [4.69, 9.17) is 9.97 Å². The zero-order valence-electron chi connectivity index (χ0n) is 22.4. The first-order chi connectivity index (χ1) is 20.3. The molecule has 5 aromatic carbocycles. The van der Waals surface area contributed by atoms with Gasteiger partial charge in [0.15, 0.2) is 5.82 Å². The summed E-state index contributed by atoms with van der Waals surface area (Å²) in [4.78, 5) is 10.2. The number of nitrogens with zero attached hydrogens (tertiary/aromatic N) is 3. The molecule has 2 aliphatic carbocycles. The summed E-state index contributed by atoms with van der Waals surface area (Å²) in [7, 11) is 0. The second-order valence-electron chi connectivity index (χ2n) is 10.9. The number of hydrogen-bond donors (Lipinski definition) is 0. The Balaban J connectivity index is 1.18. The Morgan fingerprint density at radius 3 is 2.27 bits per heavy atom. The highest BCUT2D eigenvalue weighted by atomic mass is 15.0. The van der Waals surface area contributed by atoms with Crippen molar-refractivity contribution in [3.63, 3.8) is 0 Å². The molecule has 0 N–H and O–H groups in total. The van der Waals surface area contributed by atoms with Gasteiger partial charge in [-0.1, -0.05) is 91.0 Å². The standard InChI is InChI=1S/C38H25N3/c1-2-12-27(13-3-1)41-34-19-7-6-15-29(34)32-23-25(20-21-35(32)41)24-10-8-11-26(22-24)38-39-33-18-9-17-30-28-14-4-5-16-31(28)37(40-38)36(30)33/h1-19,22-23H,20-21H2. The van der Waals surface area contributed by atoms with Crippen LogP contribution in [0.25, 0.3) is 72.9 Å². The molecule has 0 radical (unpaired) electrons. The van der Waals surface area contributed by atoms with Crippen molar-refractivity contribution < 1.29 is 0 Å². The first-order valence-electron chi connectivity index (χ1n) is 14.2. The van der Waals surface area contributed by atoms with Crippen LogP contribution in [0, 0.1) is 0 Å². The minimum atomic E-state index is 0.779. The van der Waals surface area contributed by atoms with Crippen LogP contribution in [-0.2, 0) is 6.42 Å². The lowest BCUT2D eigenvalue weighted by atomic mass is 9.90. The number of para-hydroxylation sites is 2. The third-order valence-corrected chi connectivity index (χ3v) is 8.67. The Bertz CT molecular complexity index is 2200. The average Bonchev–Trinajstić information content (AvgIpc) is 3.55. The average molecular weight is 524 g/mol. The van der Waals surface area contributed by atoms with Gasteiger partial charge in [0.2, 0.25) is 0 Å². The SMILES string of the molecule is C1=C(c2cccc(-c3nc4c5c(cccc5n3)-c3ccccc3-4)c2)CCc2c1c1ccccc1n2-c1ccccc1. The van der Waals surface area contributed by atoms with Gasteiger partial charge < -0.3 is 4.57 Å². The summed E-state index contributed by atoms with van der Waals surface area (Å²) in [6, 6.07) is 43.2. The molecule has 0 aliphatic heterocycles. The lowest BCUT2D eigenvalue weighted by Crippen LogP contribution is -2.05. The maximum absolute atomic E-state index is 5.15. The molecule has 0 bridgehead atoms. The molecular formula is C38H25N3.